The summed E-state index contributed by atoms with van der Waals surface area (Å²) in [6.07, 6.45) is 33.4. The number of benzene rings is 1. The molecule has 0 spiro atoms. The lowest BCUT2D eigenvalue weighted by Crippen LogP contribution is -2.11. The van der Waals surface area contributed by atoms with E-state index in [0.717, 1.165) is 19.3 Å². The first-order valence-corrected chi connectivity index (χ1v) is 17.5. The van der Waals surface area contributed by atoms with Gasteiger partial charge in [0, 0.05) is 0 Å². The molecular formula is C37H68O. The van der Waals surface area contributed by atoms with Crippen LogP contribution in [0.2, 0.25) is 0 Å². The van der Waals surface area contributed by atoms with Crippen LogP contribution in [0.1, 0.15) is 197 Å². The molecular weight excluding hydrogens is 460 g/mol. The van der Waals surface area contributed by atoms with Gasteiger partial charge in [-0.05, 0) is 85.6 Å². The lowest BCUT2D eigenvalue weighted by atomic mass is 9.81. The lowest BCUT2D eigenvalue weighted by Gasteiger charge is -2.25. The van der Waals surface area contributed by atoms with E-state index in [1.165, 1.54) is 159 Å². The minimum atomic E-state index is 0.712. The number of rotatable bonds is 26. The van der Waals surface area contributed by atoms with E-state index in [4.69, 9.17) is 0 Å². The zero-order valence-corrected chi connectivity index (χ0v) is 26.8. The van der Waals surface area contributed by atoms with Gasteiger partial charge in [0.05, 0.1) is 0 Å². The Bertz CT molecular complexity index is 689. The minimum Gasteiger partial charge on any atom is -0.507 e. The van der Waals surface area contributed by atoms with Gasteiger partial charge >= 0.3 is 0 Å². The predicted molar refractivity (Wildman–Crippen MR) is 172 cm³/mol. The van der Waals surface area contributed by atoms with Crippen molar-refractivity contribution >= 4 is 0 Å². The first-order chi connectivity index (χ1) is 18.7. The van der Waals surface area contributed by atoms with Crippen LogP contribution in [0.25, 0.3) is 0 Å². The van der Waals surface area contributed by atoms with Crippen LogP contribution in [-0.4, -0.2) is 5.11 Å². The Kier molecular flexibility index (Phi) is 22.0. The van der Waals surface area contributed by atoms with Gasteiger partial charge in [-0.2, -0.15) is 0 Å². The Morgan fingerprint density at radius 2 is 0.553 bits per heavy atom. The summed E-state index contributed by atoms with van der Waals surface area (Å²) in [7, 11) is 0. The van der Waals surface area contributed by atoms with Gasteiger partial charge < -0.3 is 5.11 Å². The van der Waals surface area contributed by atoms with Crippen LogP contribution >= 0.6 is 0 Å². The Balaban J connectivity index is 3.36. The van der Waals surface area contributed by atoms with Gasteiger partial charge in [0.2, 0.25) is 0 Å². The van der Waals surface area contributed by atoms with E-state index >= 15 is 0 Å². The van der Waals surface area contributed by atoms with Gasteiger partial charge in [-0.3, -0.25) is 0 Å². The van der Waals surface area contributed by atoms with E-state index in [1.54, 1.807) is 16.7 Å². The molecule has 0 fully saturated rings. The molecule has 1 heteroatoms. The number of hydrogen-bond acceptors (Lipinski definition) is 1. The predicted octanol–water partition coefficient (Wildman–Crippen LogP) is 12.4. The van der Waals surface area contributed by atoms with Crippen molar-refractivity contribution < 1.29 is 5.11 Å². The van der Waals surface area contributed by atoms with Crippen molar-refractivity contribution in [1.29, 1.82) is 0 Å². The van der Waals surface area contributed by atoms with E-state index in [2.05, 4.69) is 34.6 Å². The first-order valence-electron chi connectivity index (χ1n) is 17.5. The molecule has 1 aromatic rings. The van der Waals surface area contributed by atoms with Gasteiger partial charge in [-0.25, -0.2) is 0 Å². The standard InChI is InChI=1S/C37H68O/c1-6-11-15-19-23-28-32-33(29-24-20-16-12-7-2)35(27-10-5)37(38)36(31-26-22-18-14-9-4)34(32)30-25-21-17-13-8-3/h38H,6-31H2,1-5H3. The van der Waals surface area contributed by atoms with Crippen LogP contribution in [0, 0.1) is 0 Å². The fraction of sp³-hybridized carbons (Fsp3) is 0.838. The van der Waals surface area contributed by atoms with E-state index in [1.807, 2.05) is 0 Å². The molecule has 38 heavy (non-hydrogen) atoms. The summed E-state index contributed by atoms with van der Waals surface area (Å²) in [5, 5.41) is 11.8. The van der Waals surface area contributed by atoms with Crippen molar-refractivity contribution in [3.8, 4) is 5.75 Å². The van der Waals surface area contributed by atoms with Crippen molar-refractivity contribution in [2.45, 2.75) is 202 Å². The molecule has 0 aromatic heterocycles. The second-order valence-corrected chi connectivity index (χ2v) is 12.1. The monoisotopic (exact) mass is 529 g/mol. The quantitative estimate of drug-likeness (QED) is 0.119. The third-order valence-corrected chi connectivity index (χ3v) is 8.65. The molecule has 0 saturated heterocycles. The van der Waals surface area contributed by atoms with E-state index < -0.39 is 0 Å². The normalized spacial score (nSPS) is 11.5. The Hall–Kier alpha value is -0.980. The lowest BCUT2D eigenvalue weighted by molar-refractivity contribution is 0.454. The summed E-state index contributed by atoms with van der Waals surface area (Å²) < 4.78 is 0. The van der Waals surface area contributed by atoms with Crippen molar-refractivity contribution in [2.24, 2.45) is 0 Å². The topological polar surface area (TPSA) is 20.2 Å². The van der Waals surface area contributed by atoms with Crippen molar-refractivity contribution in [3.05, 3.63) is 27.8 Å². The molecule has 0 bridgehead atoms. The van der Waals surface area contributed by atoms with Gasteiger partial charge in [0.25, 0.3) is 0 Å². The van der Waals surface area contributed by atoms with E-state index in [0.29, 0.717) is 5.75 Å². The fourth-order valence-electron chi connectivity index (χ4n) is 6.33. The van der Waals surface area contributed by atoms with Crippen molar-refractivity contribution in [1.82, 2.24) is 0 Å². The summed E-state index contributed by atoms with van der Waals surface area (Å²) in [6.45, 7) is 11.5. The van der Waals surface area contributed by atoms with Gasteiger partial charge in [-0.1, -0.05) is 144 Å². The average molecular weight is 529 g/mol. The minimum absolute atomic E-state index is 0.712. The van der Waals surface area contributed by atoms with Crippen LogP contribution in [0.4, 0.5) is 0 Å². The highest BCUT2D eigenvalue weighted by atomic mass is 16.3. The fourth-order valence-corrected chi connectivity index (χ4v) is 6.33. The molecule has 0 heterocycles. The second-order valence-electron chi connectivity index (χ2n) is 12.1. The second kappa shape index (κ2) is 23.9. The molecule has 0 radical (unpaired) electrons. The van der Waals surface area contributed by atoms with Crippen LogP contribution in [0.15, 0.2) is 0 Å². The first kappa shape index (κ1) is 35.0. The summed E-state index contributed by atoms with van der Waals surface area (Å²) in [5.74, 6) is 0.712. The summed E-state index contributed by atoms with van der Waals surface area (Å²) >= 11 is 0. The van der Waals surface area contributed by atoms with Crippen LogP contribution < -0.4 is 0 Å². The maximum absolute atomic E-state index is 11.8. The third kappa shape index (κ3) is 13.9. The zero-order chi connectivity index (χ0) is 27.8. The third-order valence-electron chi connectivity index (χ3n) is 8.65. The number of phenols is 1. The number of phenolic OH excluding ortho intramolecular Hbond substituents is 1. The molecule has 0 saturated carbocycles. The summed E-state index contributed by atoms with van der Waals surface area (Å²) in [4.78, 5) is 0. The Morgan fingerprint density at radius 3 is 0.868 bits per heavy atom. The maximum atomic E-state index is 11.8. The summed E-state index contributed by atoms with van der Waals surface area (Å²) in [6, 6.07) is 0. The average Bonchev–Trinajstić information content (AvgIpc) is 2.92. The van der Waals surface area contributed by atoms with E-state index in [-0.39, 0.29) is 0 Å². The molecule has 0 aliphatic heterocycles. The molecule has 0 unspecified atom stereocenters. The van der Waals surface area contributed by atoms with Gasteiger partial charge in [-0.15, -0.1) is 0 Å². The van der Waals surface area contributed by atoms with Gasteiger partial charge in [0.15, 0.2) is 0 Å². The smallest absolute Gasteiger partial charge is 0.122 e. The highest BCUT2D eigenvalue weighted by Gasteiger charge is 2.22. The van der Waals surface area contributed by atoms with Crippen LogP contribution in [0.5, 0.6) is 5.75 Å². The van der Waals surface area contributed by atoms with Crippen molar-refractivity contribution in [2.75, 3.05) is 0 Å². The van der Waals surface area contributed by atoms with Crippen molar-refractivity contribution in [3.63, 3.8) is 0 Å². The Morgan fingerprint density at radius 1 is 0.289 bits per heavy atom. The highest BCUT2D eigenvalue weighted by molar-refractivity contribution is 5.56. The number of unbranched alkanes of at least 4 members (excludes halogenated alkanes) is 16. The molecule has 0 aliphatic carbocycles. The molecule has 222 valence electrons. The molecule has 1 N–H and O–H groups in total. The molecule has 0 amide bonds. The van der Waals surface area contributed by atoms with Gasteiger partial charge in [0.1, 0.15) is 5.75 Å². The van der Waals surface area contributed by atoms with Crippen LogP contribution in [-0.2, 0) is 32.1 Å². The molecule has 1 nitrogen and oxygen atoms in total. The number of aromatic hydroxyl groups is 1. The molecule has 1 aromatic carbocycles. The largest absolute Gasteiger partial charge is 0.507 e. The van der Waals surface area contributed by atoms with Crippen LogP contribution in [0.3, 0.4) is 0 Å². The highest BCUT2D eigenvalue weighted by Crippen LogP contribution is 2.38. The Labute approximate surface area is 240 Å². The molecule has 1 rings (SSSR count). The zero-order valence-electron chi connectivity index (χ0n) is 26.8. The van der Waals surface area contributed by atoms with E-state index in [9.17, 15) is 5.11 Å². The molecule has 0 aliphatic rings. The SMILES string of the molecule is CCCCCCCc1c(O)c(CCC)c(CCCCCCC)c(CCCCCCC)c1CCCCCCC. The maximum Gasteiger partial charge on any atom is 0.122 e. The molecule has 0 atom stereocenters. The number of hydrogen-bond donors (Lipinski definition) is 1. The summed E-state index contributed by atoms with van der Waals surface area (Å²) in [5.41, 5.74) is 7.56.